The highest BCUT2D eigenvalue weighted by Crippen LogP contribution is 2.47. The summed E-state index contributed by atoms with van der Waals surface area (Å²) in [7, 11) is 4.75. The standard InChI is InChI=1S/C27H25N3O4/c1-32-21-14-18(15-22(33-2)26(21)34-3)20-16-23(31)28-27-24(20)25(17-10-6-4-7-11-17)29-30(27)19-12-8-5-9-13-19/h4-15,20H,16H2,1-3H3,(H,28,31)/t20-/m0/s1. The molecule has 1 aliphatic rings. The van der Waals surface area contributed by atoms with Crippen LogP contribution in [0.2, 0.25) is 0 Å². The van der Waals surface area contributed by atoms with Crippen LogP contribution in [0.25, 0.3) is 16.9 Å². The van der Waals surface area contributed by atoms with Crippen LogP contribution in [0, 0.1) is 0 Å². The van der Waals surface area contributed by atoms with E-state index >= 15 is 0 Å². The van der Waals surface area contributed by atoms with Crippen LogP contribution in [0.1, 0.15) is 23.5 Å². The highest BCUT2D eigenvalue weighted by atomic mass is 16.5. The minimum Gasteiger partial charge on any atom is -0.493 e. The number of methoxy groups -OCH3 is 3. The van der Waals surface area contributed by atoms with E-state index in [0.29, 0.717) is 23.1 Å². The van der Waals surface area contributed by atoms with Gasteiger partial charge in [0.25, 0.3) is 0 Å². The summed E-state index contributed by atoms with van der Waals surface area (Å²) in [6.07, 6.45) is 0.270. The molecule has 1 N–H and O–H groups in total. The molecule has 1 amide bonds. The van der Waals surface area contributed by atoms with Gasteiger partial charge in [-0.2, -0.15) is 5.10 Å². The lowest BCUT2D eigenvalue weighted by Crippen LogP contribution is -2.25. The number of aromatic nitrogens is 2. The third-order valence-corrected chi connectivity index (χ3v) is 6.06. The fraction of sp³-hybridized carbons (Fsp3) is 0.185. The zero-order chi connectivity index (χ0) is 23.7. The second kappa shape index (κ2) is 8.94. The normalized spacial score (nSPS) is 14.8. The average Bonchev–Trinajstić information content (AvgIpc) is 3.27. The second-order valence-corrected chi connectivity index (χ2v) is 7.99. The molecular weight excluding hydrogens is 430 g/mol. The number of nitrogens with one attached hydrogen (secondary N) is 1. The van der Waals surface area contributed by atoms with Crippen molar-refractivity contribution < 1.29 is 19.0 Å². The van der Waals surface area contributed by atoms with Gasteiger partial charge in [0.1, 0.15) is 5.82 Å². The summed E-state index contributed by atoms with van der Waals surface area (Å²) in [6.45, 7) is 0. The summed E-state index contributed by atoms with van der Waals surface area (Å²) in [5.41, 5.74) is 4.49. The van der Waals surface area contributed by atoms with Crippen molar-refractivity contribution in [3.63, 3.8) is 0 Å². The van der Waals surface area contributed by atoms with Gasteiger partial charge in [-0.25, -0.2) is 4.68 Å². The number of para-hydroxylation sites is 1. The number of nitrogens with zero attached hydrogens (tertiary/aromatic N) is 2. The third kappa shape index (κ3) is 3.65. The first-order valence-electron chi connectivity index (χ1n) is 11.0. The summed E-state index contributed by atoms with van der Waals surface area (Å²) in [4.78, 5) is 12.9. The Morgan fingerprint density at radius 1 is 0.882 bits per heavy atom. The van der Waals surface area contributed by atoms with Crippen molar-refractivity contribution in [2.24, 2.45) is 0 Å². The van der Waals surface area contributed by atoms with E-state index < -0.39 is 0 Å². The Morgan fingerprint density at radius 2 is 1.50 bits per heavy atom. The van der Waals surface area contributed by atoms with Gasteiger partial charge in [-0.05, 0) is 29.8 Å². The number of amides is 1. The van der Waals surface area contributed by atoms with Crippen LogP contribution >= 0.6 is 0 Å². The molecule has 0 saturated carbocycles. The maximum Gasteiger partial charge on any atom is 0.226 e. The van der Waals surface area contributed by atoms with E-state index in [4.69, 9.17) is 19.3 Å². The fourth-order valence-electron chi connectivity index (χ4n) is 4.50. The van der Waals surface area contributed by atoms with Gasteiger partial charge in [0.05, 0.1) is 32.7 Å². The predicted molar refractivity (Wildman–Crippen MR) is 130 cm³/mol. The SMILES string of the molecule is COc1cc([C@@H]2CC(=O)Nc3c2c(-c2ccccc2)nn3-c2ccccc2)cc(OC)c1OC. The molecule has 3 aromatic carbocycles. The highest BCUT2D eigenvalue weighted by molar-refractivity contribution is 5.96. The molecule has 2 heterocycles. The lowest BCUT2D eigenvalue weighted by atomic mass is 9.84. The van der Waals surface area contributed by atoms with Crippen molar-refractivity contribution in [3.05, 3.63) is 83.9 Å². The van der Waals surface area contributed by atoms with E-state index in [-0.39, 0.29) is 18.2 Å². The summed E-state index contributed by atoms with van der Waals surface area (Å²) >= 11 is 0. The summed E-state index contributed by atoms with van der Waals surface area (Å²) in [6, 6.07) is 23.6. The predicted octanol–water partition coefficient (Wildman–Crippen LogP) is 5.04. The number of benzene rings is 3. The first kappa shape index (κ1) is 21.6. The van der Waals surface area contributed by atoms with E-state index in [9.17, 15) is 4.79 Å². The molecule has 0 bridgehead atoms. The van der Waals surface area contributed by atoms with Gasteiger partial charge in [-0.15, -0.1) is 0 Å². The first-order valence-corrected chi connectivity index (χ1v) is 11.0. The van der Waals surface area contributed by atoms with E-state index in [0.717, 1.165) is 28.1 Å². The minimum absolute atomic E-state index is 0.0806. The van der Waals surface area contributed by atoms with Crippen molar-refractivity contribution in [2.75, 3.05) is 26.6 Å². The van der Waals surface area contributed by atoms with Crippen LogP contribution < -0.4 is 19.5 Å². The first-order chi connectivity index (χ1) is 16.6. The lowest BCUT2D eigenvalue weighted by Gasteiger charge is -2.26. The highest BCUT2D eigenvalue weighted by Gasteiger charge is 2.35. The van der Waals surface area contributed by atoms with Crippen molar-refractivity contribution in [1.82, 2.24) is 9.78 Å². The number of carbonyl (C=O) groups excluding carboxylic acids is 1. The van der Waals surface area contributed by atoms with E-state index in [1.54, 1.807) is 26.0 Å². The van der Waals surface area contributed by atoms with Gasteiger partial charge in [0, 0.05) is 23.5 Å². The quantitative estimate of drug-likeness (QED) is 0.441. The number of ether oxygens (including phenoxy) is 3. The third-order valence-electron chi connectivity index (χ3n) is 6.06. The Hall–Kier alpha value is -4.26. The van der Waals surface area contributed by atoms with Crippen molar-refractivity contribution in [3.8, 4) is 34.2 Å². The van der Waals surface area contributed by atoms with Crippen LogP contribution in [0.15, 0.2) is 72.8 Å². The van der Waals surface area contributed by atoms with Crippen molar-refractivity contribution in [2.45, 2.75) is 12.3 Å². The molecule has 34 heavy (non-hydrogen) atoms. The number of hydrogen-bond acceptors (Lipinski definition) is 5. The Bertz CT molecular complexity index is 1310. The number of rotatable bonds is 6. The Morgan fingerprint density at radius 3 is 2.09 bits per heavy atom. The molecular formula is C27H25N3O4. The molecule has 172 valence electrons. The molecule has 0 unspecified atom stereocenters. The number of carbonyl (C=O) groups is 1. The van der Waals surface area contributed by atoms with Crippen LogP contribution in [-0.2, 0) is 4.79 Å². The number of hydrogen-bond donors (Lipinski definition) is 1. The van der Waals surface area contributed by atoms with E-state index in [2.05, 4.69) is 5.32 Å². The molecule has 1 aromatic heterocycles. The smallest absolute Gasteiger partial charge is 0.226 e. The minimum atomic E-state index is -0.259. The van der Waals surface area contributed by atoms with Crippen LogP contribution in [-0.4, -0.2) is 37.0 Å². The van der Waals surface area contributed by atoms with Crippen molar-refractivity contribution >= 4 is 11.7 Å². The van der Waals surface area contributed by atoms with E-state index in [1.165, 1.54) is 0 Å². The molecule has 7 nitrogen and oxygen atoms in total. The summed E-state index contributed by atoms with van der Waals surface area (Å²) in [5, 5.41) is 8.05. The topological polar surface area (TPSA) is 74.6 Å². The molecule has 0 saturated heterocycles. The second-order valence-electron chi connectivity index (χ2n) is 7.99. The number of anilines is 1. The van der Waals surface area contributed by atoms with Crippen molar-refractivity contribution in [1.29, 1.82) is 0 Å². The number of fused-ring (bicyclic) bond motifs is 1. The van der Waals surface area contributed by atoms with Crippen LogP contribution in [0.5, 0.6) is 17.2 Å². The molecule has 7 heteroatoms. The summed E-state index contributed by atoms with van der Waals surface area (Å²) in [5.74, 6) is 1.92. The Balaban J connectivity index is 1.77. The molecule has 1 atom stereocenters. The van der Waals surface area contributed by atoms with Crippen LogP contribution in [0.4, 0.5) is 5.82 Å². The largest absolute Gasteiger partial charge is 0.493 e. The molecule has 0 spiro atoms. The molecule has 0 fully saturated rings. The van der Waals surface area contributed by atoms with Crippen LogP contribution in [0.3, 0.4) is 0 Å². The zero-order valence-electron chi connectivity index (χ0n) is 19.2. The van der Waals surface area contributed by atoms with Gasteiger partial charge < -0.3 is 19.5 Å². The van der Waals surface area contributed by atoms with E-state index in [1.807, 2.05) is 72.8 Å². The molecule has 5 rings (SSSR count). The lowest BCUT2D eigenvalue weighted by molar-refractivity contribution is -0.116. The zero-order valence-corrected chi connectivity index (χ0v) is 19.2. The fourth-order valence-corrected chi connectivity index (χ4v) is 4.50. The Kier molecular flexibility index (Phi) is 5.67. The molecule has 1 aliphatic heterocycles. The average molecular weight is 456 g/mol. The van der Waals surface area contributed by atoms with Gasteiger partial charge in [0.15, 0.2) is 11.5 Å². The van der Waals surface area contributed by atoms with Gasteiger partial charge >= 0.3 is 0 Å². The maximum atomic E-state index is 12.9. The monoisotopic (exact) mass is 455 g/mol. The van der Waals surface area contributed by atoms with Gasteiger partial charge in [0.2, 0.25) is 11.7 Å². The molecule has 0 aliphatic carbocycles. The maximum absolute atomic E-state index is 12.9. The molecule has 0 radical (unpaired) electrons. The summed E-state index contributed by atoms with van der Waals surface area (Å²) < 4.78 is 18.5. The molecule has 4 aromatic rings. The Labute approximate surface area is 197 Å². The van der Waals surface area contributed by atoms with Gasteiger partial charge in [-0.1, -0.05) is 48.5 Å². The van der Waals surface area contributed by atoms with Gasteiger partial charge in [-0.3, -0.25) is 4.79 Å².